The second-order valence-corrected chi connectivity index (χ2v) is 8.15. The molecule has 3 rings (SSSR count). The fraction of sp³-hybridized carbons (Fsp3) is 0.259. The predicted molar refractivity (Wildman–Crippen MR) is 123 cm³/mol. The van der Waals surface area contributed by atoms with E-state index in [0.717, 1.165) is 11.1 Å². The van der Waals surface area contributed by atoms with Gasteiger partial charge in [0.1, 0.15) is 5.75 Å². The van der Waals surface area contributed by atoms with Crippen molar-refractivity contribution in [2.24, 2.45) is 0 Å². The van der Waals surface area contributed by atoms with E-state index in [4.69, 9.17) is 0 Å². The number of hydrogen-bond acceptors (Lipinski definition) is 3. The van der Waals surface area contributed by atoms with Gasteiger partial charge in [-0.15, -0.1) is 0 Å². The molecule has 0 aliphatic heterocycles. The standard InChI is InChI=1S/C27H29NO3/c1-18(2)28(20(4)21-13-15-25(29)16-14-21)27(31)19(3)23-11-8-12-24(17-23)26(30)22-9-6-5-7-10-22/h5-20,29H,1-4H3/t19-,20+/m0/s1. The highest BCUT2D eigenvalue weighted by Crippen LogP contribution is 2.29. The van der Waals surface area contributed by atoms with Crippen molar-refractivity contribution in [2.75, 3.05) is 0 Å². The molecule has 1 N–H and O–H groups in total. The molecule has 4 nitrogen and oxygen atoms in total. The van der Waals surface area contributed by atoms with Gasteiger partial charge in [0.2, 0.25) is 5.91 Å². The summed E-state index contributed by atoms with van der Waals surface area (Å²) < 4.78 is 0. The highest BCUT2D eigenvalue weighted by atomic mass is 16.3. The van der Waals surface area contributed by atoms with E-state index in [-0.39, 0.29) is 29.5 Å². The summed E-state index contributed by atoms with van der Waals surface area (Å²) in [5.41, 5.74) is 2.98. The molecular weight excluding hydrogens is 386 g/mol. The minimum atomic E-state index is -0.398. The van der Waals surface area contributed by atoms with Crippen LogP contribution in [0.5, 0.6) is 5.75 Å². The molecule has 0 saturated carbocycles. The third kappa shape index (κ3) is 5.02. The topological polar surface area (TPSA) is 57.6 Å². The maximum Gasteiger partial charge on any atom is 0.230 e. The Hall–Kier alpha value is -3.40. The summed E-state index contributed by atoms with van der Waals surface area (Å²) in [6.45, 7) is 7.87. The van der Waals surface area contributed by atoms with Gasteiger partial charge in [0, 0.05) is 17.2 Å². The highest BCUT2D eigenvalue weighted by Gasteiger charge is 2.29. The fourth-order valence-corrected chi connectivity index (χ4v) is 3.88. The number of benzene rings is 3. The number of nitrogens with zero attached hydrogens (tertiary/aromatic N) is 1. The second-order valence-electron chi connectivity index (χ2n) is 8.15. The summed E-state index contributed by atoms with van der Waals surface area (Å²) in [5, 5.41) is 9.58. The Labute approximate surface area is 184 Å². The van der Waals surface area contributed by atoms with Crippen LogP contribution in [-0.2, 0) is 4.79 Å². The summed E-state index contributed by atoms with van der Waals surface area (Å²) in [4.78, 5) is 28.2. The number of ketones is 1. The summed E-state index contributed by atoms with van der Waals surface area (Å²) in [6.07, 6.45) is 0. The first-order valence-electron chi connectivity index (χ1n) is 10.6. The van der Waals surface area contributed by atoms with Crippen molar-refractivity contribution in [3.05, 3.63) is 101 Å². The lowest BCUT2D eigenvalue weighted by molar-refractivity contribution is -0.136. The third-order valence-corrected chi connectivity index (χ3v) is 5.66. The van der Waals surface area contributed by atoms with E-state index in [1.54, 1.807) is 30.3 Å². The number of aromatic hydroxyl groups is 1. The number of phenols is 1. The molecule has 0 heterocycles. The molecular formula is C27H29NO3. The van der Waals surface area contributed by atoms with Gasteiger partial charge in [-0.1, -0.05) is 60.7 Å². The van der Waals surface area contributed by atoms with Gasteiger partial charge in [-0.05, 0) is 57.0 Å². The van der Waals surface area contributed by atoms with E-state index >= 15 is 0 Å². The van der Waals surface area contributed by atoms with Crippen molar-refractivity contribution in [1.82, 2.24) is 4.90 Å². The number of rotatable bonds is 7. The van der Waals surface area contributed by atoms with Gasteiger partial charge in [0.25, 0.3) is 0 Å². The van der Waals surface area contributed by atoms with Crippen LogP contribution in [0.2, 0.25) is 0 Å². The number of hydrogen-bond donors (Lipinski definition) is 1. The summed E-state index contributed by atoms with van der Waals surface area (Å²) in [5.74, 6) is -0.253. The summed E-state index contributed by atoms with van der Waals surface area (Å²) >= 11 is 0. The van der Waals surface area contributed by atoms with Crippen LogP contribution in [0.15, 0.2) is 78.9 Å². The molecule has 0 aliphatic carbocycles. The molecule has 0 aliphatic rings. The number of phenolic OH excluding ortho intramolecular Hbond substituents is 1. The van der Waals surface area contributed by atoms with Crippen LogP contribution in [0.3, 0.4) is 0 Å². The van der Waals surface area contributed by atoms with Crippen molar-refractivity contribution in [3.8, 4) is 5.75 Å². The molecule has 3 aromatic carbocycles. The second kappa shape index (κ2) is 9.61. The lowest BCUT2D eigenvalue weighted by Gasteiger charge is -2.35. The maximum absolute atomic E-state index is 13.5. The van der Waals surface area contributed by atoms with Gasteiger partial charge >= 0.3 is 0 Å². The van der Waals surface area contributed by atoms with Crippen molar-refractivity contribution >= 4 is 11.7 Å². The van der Waals surface area contributed by atoms with Crippen LogP contribution in [0, 0.1) is 0 Å². The highest BCUT2D eigenvalue weighted by molar-refractivity contribution is 6.09. The number of carbonyl (C=O) groups is 2. The Bertz CT molecular complexity index is 1040. The van der Waals surface area contributed by atoms with Crippen LogP contribution >= 0.6 is 0 Å². The van der Waals surface area contributed by atoms with Crippen molar-refractivity contribution in [3.63, 3.8) is 0 Å². The van der Waals surface area contributed by atoms with Gasteiger partial charge < -0.3 is 10.0 Å². The molecule has 0 radical (unpaired) electrons. The summed E-state index contributed by atoms with van der Waals surface area (Å²) in [6, 6.07) is 23.3. The Morgan fingerprint density at radius 2 is 1.35 bits per heavy atom. The Morgan fingerprint density at radius 3 is 1.97 bits per heavy atom. The zero-order valence-corrected chi connectivity index (χ0v) is 18.4. The smallest absolute Gasteiger partial charge is 0.230 e. The van der Waals surface area contributed by atoms with Gasteiger partial charge in [0.15, 0.2) is 5.78 Å². The molecule has 0 aromatic heterocycles. The SMILES string of the molecule is CC(C)N(C(=O)[C@@H](C)c1cccc(C(=O)c2ccccc2)c1)[C@H](C)c1ccc(O)cc1. The van der Waals surface area contributed by atoms with Gasteiger partial charge in [-0.2, -0.15) is 0 Å². The van der Waals surface area contributed by atoms with Crippen LogP contribution in [0.1, 0.15) is 66.7 Å². The van der Waals surface area contributed by atoms with Crippen molar-refractivity contribution in [1.29, 1.82) is 0 Å². The maximum atomic E-state index is 13.5. The molecule has 0 saturated heterocycles. The third-order valence-electron chi connectivity index (χ3n) is 5.66. The first-order chi connectivity index (χ1) is 14.8. The molecule has 4 heteroatoms. The van der Waals surface area contributed by atoms with Gasteiger partial charge in [-0.3, -0.25) is 9.59 Å². The minimum absolute atomic E-state index is 0.000106. The van der Waals surface area contributed by atoms with E-state index in [1.165, 1.54) is 0 Å². The molecule has 2 atom stereocenters. The molecule has 160 valence electrons. The van der Waals surface area contributed by atoms with E-state index in [0.29, 0.717) is 11.1 Å². The molecule has 1 amide bonds. The lowest BCUT2D eigenvalue weighted by atomic mass is 9.93. The van der Waals surface area contributed by atoms with Gasteiger partial charge in [0.05, 0.1) is 12.0 Å². The van der Waals surface area contributed by atoms with E-state index in [2.05, 4.69) is 0 Å². The normalized spacial score (nSPS) is 12.9. The summed E-state index contributed by atoms with van der Waals surface area (Å²) in [7, 11) is 0. The largest absolute Gasteiger partial charge is 0.508 e. The quantitative estimate of drug-likeness (QED) is 0.502. The van der Waals surface area contributed by atoms with E-state index < -0.39 is 5.92 Å². The Kier molecular flexibility index (Phi) is 6.91. The van der Waals surface area contributed by atoms with Crippen LogP contribution in [0.25, 0.3) is 0 Å². The van der Waals surface area contributed by atoms with Crippen molar-refractivity contribution < 1.29 is 14.7 Å². The van der Waals surface area contributed by atoms with E-state index in [1.807, 2.05) is 81.1 Å². The average Bonchev–Trinajstić information content (AvgIpc) is 2.79. The van der Waals surface area contributed by atoms with Gasteiger partial charge in [-0.25, -0.2) is 0 Å². The van der Waals surface area contributed by atoms with Crippen molar-refractivity contribution in [2.45, 2.75) is 45.7 Å². The van der Waals surface area contributed by atoms with Crippen LogP contribution in [0.4, 0.5) is 0 Å². The zero-order chi connectivity index (χ0) is 22.5. The monoisotopic (exact) mass is 415 g/mol. The Morgan fingerprint density at radius 1 is 0.742 bits per heavy atom. The predicted octanol–water partition coefficient (Wildman–Crippen LogP) is 5.72. The Balaban J connectivity index is 1.86. The molecule has 3 aromatic rings. The fourth-order valence-electron chi connectivity index (χ4n) is 3.88. The minimum Gasteiger partial charge on any atom is -0.508 e. The molecule has 0 spiro atoms. The molecule has 0 unspecified atom stereocenters. The first-order valence-corrected chi connectivity index (χ1v) is 10.6. The van der Waals surface area contributed by atoms with Crippen LogP contribution < -0.4 is 0 Å². The molecule has 31 heavy (non-hydrogen) atoms. The molecule has 0 bridgehead atoms. The average molecular weight is 416 g/mol. The van der Waals surface area contributed by atoms with Crippen LogP contribution in [-0.4, -0.2) is 27.7 Å². The number of carbonyl (C=O) groups excluding carboxylic acids is 2. The first kappa shape index (κ1) is 22.3. The molecule has 0 fully saturated rings. The lowest BCUT2D eigenvalue weighted by Crippen LogP contribution is -2.41. The number of amides is 1. The van der Waals surface area contributed by atoms with E-state index in [9.17, 15) is 14.7 Å². The zero-order valence-electron chi connectivity index (χ0n) is 18.4.